The summed E-state index contributed by atoms with van der Waals surface area (Å²) in [5.41, 5.74) is 0.768. The van der Waals surface area contributed by atoms with E-state index in [9.17, 15) is 9.59 Å². The maximum Gasteiger partial charge on any atom is 0.305 e. The standard InChI is InChI=1S/C16H20ClN5O3/c1-3-13(16(24)18-10-4-5-14(23)25-2)22-20-15(19-21-22)11-6-8-12(17)9-7-11/h6-9,13H,3-5,10H2,1-2H3,(H,18,24). The molecule has 0 aliphatic rings. The molecule has 0 spiro atoms. The van der Waals surface area contributed by atoms with Crippen LogP contribution in [0.15, 0.2) is 24.3 Å². The van der Waals surface area contributed by atoms with Crippen LogP contribution in [0, 0.1) is 0 Å². The van der Waals surface area contributed by atoms with Crippen molar-refractivity contribution in [3.63, 3.8) is 0 Å². The van der Waals surface area contributed by atoms with E-state index in [4.69, 9.17) is 11.6 Å². The van der Waals surface area contributed by atoms with E-state index in [0.717, 1.165) is 5.56 Å². The molecule has 0 radical (unpaired) electrons. The second-order valence-corrected chi connectivity index (χ2v) is 5.77. The van der Waals surface area contributed by atoms with Gasteiger partial charge in [-0.2, -0.15) is 4.80 Å². The van der Waals surface area contributed by atoms with E-state index in [-0.39, 0.29) is 18.3 Å². The Morgan fingerprint density at radius 3 is 2.68 bits per heavy atom. The van der Waals surface area contributed by atoms with Gasteiger partial charge in [-0.1, -0.05) is 18.5 Å². The predicted octanol–water partition coefficient (Wildman–Crippen LogP) is 2.01. The minimum absolute atomic E-state index is 0.215. The van der Waals surface area contributed by atoms with Crippen LogP contribution in [-0.4, -0.2) is 45.7 Å². The van der Waals surface area contributed by atoms with E-state index in [0.29, 0.717) is 30.2 Å². The number of hydrogen-bond acceptors (Lipinski definition) is 6. The lowest BCUT2D eigenvalue weighted by atomic mass is 10.2. The maximum absolute atomic E-state index is 12.3. The largest absolute Gasteiger partial charge is 0.469 e. The lowest BCUT2D eigenvalue weighted by molar-refractivity contribution is -0.140. The molecule has 8 nitrogen and oxygen atoms in total. The summed E-state index contributed by atoms with van der Waals surface area (Å²) in [5, 5.41) is 15.7. The molecule has 25 heavy (non-hydrogen) atoms. The number of carbonyl (C=O) groups is 2. The Kier molecular flexibility index (Phi) is 6.88. The molecule has 2 aromatic rings. The molecular weight excluding hydrogens is 346 g/mol. The molecule has 1 aromatic carbocycles. The molecule has 9 heteroatoms. The molecular formula is C16H20ClN5O3. The van der Waals surface area contributed by atoms with Crippen molar-refractivity contribution >= 4 is 23.5 Å². The Bertz CT molecular complexity index is 717. The van der Waals surface area contributed by atoms with Crippen molar-refractivity contribution in [1.29, 1.82) is 0 Å². The first-order valence-electron chi connectivity index (χ1n) is 7.95. The molecule has 1 unspecified atom stereocenters. The van der Waals surface area contributed by atoms with Crippen molar-refractivity contribution in [1.82, 2.24) is 25.5 Å². The van der Waals surface area contributed by atoms with Crippen molar-refractivity contribution in [3.8, 4) is 11.4 Å². The van der Waals surface area contributed by atoms with Crippen LogP contribution in [0.2, 0.25) is 5.02 Å². The molecule has 0 saturated carbocycles. The highest BCUT2D eigenvalue weighted by Gasteiger charge is 2.21. The molecule has 0 fully saturated rings. The third kappa shape index (κ3) is 5.25. The van der Waals surface area contributed by atoms with Gasteiger partial charge in [-0.05, 0) is 42.3 Å². The van der Waals surface area contributed by atoms with Gasteiger partial charge in [-0.3, -0.25) is 9.59 Å². The van der Waals surface area contributed by atoms with Crippen molar-refractivity contribution in [2.24, 2.45) is 0 Å². The average molecular weight is 366 g/mol. The molecule has 1 heterocycles. The SMILES string of the molecule is CCC(C(=O)NCCCC(=O)OC)n1nnc(-c2ccc(Cl)cc2)n1. The topological polar surface area (TPSA) is 99.0 Å². The second-order valence-electron chi connectivity index (χ2n) is 5.34. The highest BCUT2D eigenvalue weighted by molar-refractivity contribution is 6.30. The summed E-state index contributed by atoms with van der Waals surface area (Å²) in [7, 11) is 1.34. The first-order valence-corrected chi connectivity index (χ1v) is 8.33. The van der Waals surface area contributed by atoms with Crippen molar-refractivity contribution in [3.05, 3.63) is 29.3 Å². The number of methoxy groups -OCH3 is 1. The lowest BCUT2D eigenvalue weighted by Crippen LogP contribution is -2.34. The fourth-order valence-corrected chi connectivity index (χ4v) is 2.32. The zero-order valence-corrected chi connectivity index (χ0v) is 14.9. The van der Waals surface area contributed by atoms with Crippen LogP contribution in [0.25, 0.3) is 11.4 Å². The van der Waals surface area contributed by atoms with Gasteiger partial charge in [0.15, 0.2) is 6.04 Å². The molecule has 134 valence electrons. The van der Waals surface area contributed by atoms with Crippen LogP contribution in [0.4, 0.5) is 0 Å². The van der Waals surface area contributed by atoms with Crippen LogP contribution in [0.3, 0.4) is 0 Å². The Hall–Kier alpha value is -2.48. The zero-order valence-electron chi connectivity index (χ0n) is 14.1. The van der Waals surface area contributed by atoms with Gasteiger partial charge in [0.25, 0.3) is 0 Å². The third-order valence-corrected chi connectivity index (χ3v) is 3.84. The first kappa shape index (κ1) is 18.9. The van der Waals surface area contributed by atoms with Gasteiger partial charge in [0, 0.05) is 23.6 Å². The number of halogens is 1. The zero-order chi connectivity index (χ0) is 18.2. The van der Waals surface area contributed by atoms with Gasteiger partial charge in [0.1, 0.15) is 0 Å². The summed E-state index contributed by atoms with van der Waals surface area (Å²) in [6, 6.07) is 6.49. The summed E-state index contributed by atoms with van der Waals surface area (Å²) in [6.45, 7) is 2.24. The highest BCUT2D eigenvalue weighted by atomic mass is 35.5. The predicted molar refractivity (Wildman–Crippen MR) is 91.9 cm³/mol. The lowest BCUT2D eigenvalue weighted by Gasteiger charge is -2.13. The van der Waals surface area contributed by atoms with Gasteiger partial charge < -0.3 is 10.1 Å². The molecule has 1 aromatic heterocycles. The summed E-state index contributed by atoms with van der Waals surface area (Å²) in [4.78, 5) is 24.7. The summed E-state index contributed by atoms with van der Waals surface area (Å²) < 4.78 is 4.56. The molecule has 0 saturated heterocycles. The number of rotatable bonds is 8. The van der Waals surface area contributed by atoms with Gasteiger partial charge in [0.05, 0.1) is 7.11 Å². The number of esters is 1. The van der Waals surface area contributed by atoms with Crippen LogP contribution in [0.5, 0.6) is 0 Å². The Labute approximate surface area is 150 Å². The number of aromatic nitrogens is 4. The third-order valence-electron chi connectivity index (χ3n) is 3.58. The van der Waals surface area contributed by atoms with E-state index in [2.05, 4.69) is 25.5 Å². The Balaban J connectivity index is 1.97. The molecule has 0 aliphatic heterocycles. The number of ether oxygens (including phenoxy) is 1. The molecule has 2 rings (SSSR count). The van der Waals surface area contributed by atoms with Crippen LogP contribution >= 0.6 is 11.6 Å². The fourth-order valence-electron chi connectivity index (χ4n) is 2.19. The van der Waals surface area contributed by atoms with Crippen LogP contribution < -0.4 is 5.32 Å². The molecule has 1 amide bonds. The second kappa shape index (κ2) is 9.12. The minimum Gasteiger partial charge on any atom is -0.469 e. The quantitative estimate of drug-likeness (QED) is 0.567. The summed E-state index contributed by atoms with van der Waals surface area (Å²) in [6.07, 6.45) is 1.28. The number of benzene rings is 1. The number of nitrogens with zero attached hydrogens (tertiary/aromatic N) is 4. The van der Waals surface area contributed by atoms with E-state index < -0.39 is 6.04 Å². The van der Waals surface area contributed by atoms with Crippen molar-refractivity contribution < 1.29 is 14.3 Å². The van der Waals surface area contributed by atoms with Gasteiger partial charge in [-0.15, -0.1) is 10.2 Å². The van der Waals surface area contributed by atoms with Crippen LogP contribution in [0.1, 0.15) is 32.2 Å². The fraction of sp³-hybridized carbons (Fsp3) is 0.438. The molecule has 1 N–H and O–H groups in total. The first-order chi connectivity index (χ1) is 12.0. The maximum atomic E-state index is 12.3. The highest BCUT2D eigenvalue weighted by Crippen LogP contribution is 2.18. The van der Waals surface area contributed by atoms with Gasteiger partial charge >= 0.3 is 5.97 Å². The number of nitrogens with one attached hydrogen (secondary N) is 1. The number of tetrazole rings is 1. The van der Waals surface area contributed by atoms with Crippen molar-refractivity contribution in [2.45, 2.75) is 32.2 Å². The molecule has 0 bridgehead atoms. The van der Waals surface area contributed by atoms with Crippen molar-refractivity contribution in [2.75, 3.05) is 13.7 Å². The number of amides is 1. The monoisotopic (exact) mass is 365 g/mol. The summed E-state index contributed by atoms with van der Waals surface area (Å²) >= 11 is 5.86. The number of carbonyl (C=O) groups excluding carboxylic acids is 2. The Morgan fingerprint density at radius 2 is 2.04 bits per heavy atom. The number of hydrogen-bond donors (Lipinski definition) is 1. The van der Waals surface area contributed by atoms with Gasteiger partial charge in [0.2, 0.25) is 11.7 Å². The smallest absolute Gasteiger partial charge is 0.305 e. The summed E-state index contributed by atoms with van der Waals surface area (Å²) in [5.74, 6) is -0.0899. The normalized spacial score (nSPS) is 11.8. The minimum atomic E-state index is -0.563. The van der Waals surface area contributed by atoms with E-state index >= 15 is 0 Å². The van der Waals surface area contributed by atoms with E-state index in [1.54, 1.807) is 24.3 Å². The van der Waals surface area contributed by atoms with Gasteiger partial charge in [-0.25, -0.2) is 0 Å². The molecule has 0 aliphatic carbocycles. The van der Waals surface area contributed by atoms with E-state index in [1.807, 2.05) is 6.92 Å². The Morgan fingerprint density at radius 1 is 1.32 bits per heavy atom. The average Bonchev–Trinajstić information content (AvgIpc) is 3.09. The molecule has 1 atom stereocenters. The van der Waals surface area contributed by atoms with E-state index in [1.165, 1.54) is 11.9 Å². The van der Waals surface area contributed by atoms with Crippen LogP contribution in [-0.2, 0) is 14.3 Å².